The van der Waals surface area contributed by atoms with Gasteiger partial charge >= 0.3 is 5.97 Å². The number of hydrogen-bond acceptors (Lipinski definition) is 4. The molecule has 0 amide bonds. The van der Waals surface area contributed by atoms with E-state index in [1.165, 1.54) is 0 Å². The molecule has 2 aliphatic carbocycles. The van der Waals surface area contributed by atoms with Crippen molar-refractivity contribution in [1.82, 2.24) is 19.7 Å². The van der Waals surface area contributed by atoms with E-state index in [2.05, 4.69) is 52.5 Å². The summed E-state index contributed by atoms with van der Waals surface area (Å²) in [4.78, 5) is 15.0. The van der Waals surface area contributed by atoms with Crippen LogP contribution in [0.3, 0.4) is 0 Å². The van der Waals surface area contributed by atoms with E-state index in [1.54, 1.807) is 0 Å². The van der Waals surface area contributed by atoms with Crippen LogP contribution in [0.5, 0.6) is 0 Å². The lowest BCUT2D eigenvalue weighted by molar-refractivity contribution is 0.0683. The van der Waals surface area contributed by atoms with Gasteiger partial charge in [0.05, 0.1) is 28.6 Å². The number of carbonyl (C=O) groups is 1. The van der Waals surface area contributed by atoms with Crippen LogP contribution < -0.4 is 0 Å². The summed E-state index contributed by atoms with van der Waals surface area (Å²) < 4.78 is 8.28. The van der Waals surface area contributed by atoms with Gasteiger partial charge in [0.25, 0.3) is 0 Å². The van der Waals surface area contributed by atoms with Gasteiger partial charge < -0.3 is 19.3 Å². The Morgan fingerprint density at radius 2 is 2.08 bits per heavy atom. The molecule has 2 unspecified atom stereocenters. The number of aromatic carboxylic acids is 1. The van der Waals surface area contributed by atoms with E-state index in [0.29, 0.717) is 48.7 Å². The molecule has 1 aliphatic heterocycles. The Hall–Kier alpha value is -3.29. The third kappa shape index (κ3) is 4.72. The van der Waals surface area contributed by atoms with Crippen LogP contribution in [0.4, 0.5) is 0 Å². The quantitative estimate of drug-likeness (QED) is 0.344. The van der Waals surface area contributed by atoms with E-state index in [-0.39, 0.29) is 0 Å². The highest BCUT2D eigenvalue weighted by Crippen LogP contribution is 2.42. The molecule has 2 atom stereocenters. The van der Waals surface area contributed by atoms with Crippen molar-refractivity contribution in [2.45, 2.75) is 52.1 Å². The van der Waals surface area contributed by atoms with Crippen LogP contribution in [0.15, 0.2) is 48.3 Å². The van der Waals surface area contributed by atoms with Gasteiger partial charge in [-0.3, -0.25) is 5.10 Å². The number of nitrogens with zero attached hydrogens (tertiary/aromatic N) is 3. The summed E-state index contributed by atoms with van der Waals surface area (Å²) in [5, 5.41) is 19.8. The zero-order chi connectivity index (χ0) is 27.1. The zero-order valence-corrected chi connectivity index (χ0v) is 23.3. The summed E-state index contributed by atoms with van der Waals surface area (Å²) in [5.74, 6) is 0.959. The maximum absolute atomic E-state index is 12.8. The minimum absolute atomic E-state index is 0.310. The lowest BCUT2D eigenvalue weighted by Crippen LogP contribution is -2.22. The molecule has 0 saturated carbocycles. The molecule has 3 heterocycles. The molecule has 7 nitrogen and oxygen atoms in total. The Balaban J connectivity index is 1.36. The monoisotopic (exact) mass is 546 g/mol. The Morgan fingerprint density at radius 3 is 2.92 bits per heavy atom. The summed E-state index contributed by atoms with van der Waals surface area (Å²) in [6.45, 7) is 4.69. The molecule has 3 aliphatic rings. The van der Waals surface area contributed by atoms with E-state index >= 15 is 0 Å². The number of carboxylic acids is 1. The van der Waals surface area contributed by atoms with Crippen LogP contribution in [0.25, 0.3) is 22.0 Å². The molecule has 3 aromatic rings. The molecule has 2 aromatic heterocycles. The molecule has 6 rings (SSSR count). The number of halogens is 1. The van der Waals surface area contributed by atoms with Crippen LogP contribution in [0.1, 0.15) is 53.1 Å². The summed E-state index contributed by atoms with van der Waals surface area (Å²) in [7, 11) is 2.07. The summed E-state index contributed by atoms with van der Waals surface area (Å²) in [5.41, 5.74) is 5.80. The van der Waals surface area contributed by atoms with Gasteiger partial charge in [-0.1, -0.05) is 42.0 Å². The van der Waals surface area contributed by atoms with Crippen LogP contribution in [-0.2, 0) is 24.2 Å². The van der Waals surface area contributed by atoms with Gasteiger partial charge in [-0.15, -0.1) is 0 Å². The molecule has 2 N–H and O–H groups in total. The number of benzene rings is 1. The Kier molecular flexibility index (Phi) is 7.12. The number of carboxylic acid groups (broad SMARTS) is 1. The Morgan fingerprint density at radius 1 is 1.23 bits per heavy atom. The predicted molar refractivity (Wildman–Crippen MR) is 154 cm³/mol. The fourth-order valence-corrected chi connectivity index (χ4v) is 6.84. The number of allylic oxidation sites excluding steroid dienone is 5. The highest BCUT2D eigenvalue weighted by Gasteiger charge is 2.29. The van der Waals surface area contributed by atoms with Crippen LogP contribution in [0.2, 0.25) is 5.02 Å². The first kappa shape index (κ1) is 26.0. The molecule has 8 heteroatoms. The number of H-pyrrole nitrogens is 1. The average Bonchev–Trinajstić information content (AvgIpc) is 3.43. The van der Waals surface area contributed by atoms with Crippen molar-refractivity contribution in [2.24, 2.45) is 11.8 Å². The van der Waals surface area contributed by atoms with Crippen molar-refractivity contribution in [3.8, 4) is 11.1 Å². The van der Waals surface area contributed by atoms with Gasteiger partial charge in [0.2, 0.25) is 0 Å². The van der Waals surface area contributed by atoms with E-state index in [0.717, 1.165) is 77.0 Å². The number of ether oxygens (including phenoxy) is 1. The lowest BCUT2D eigenvalue weighted by Gasteiger charge is -2.30. The topological polar surface area (TPSA) is 83.4 Å². The van der Waals surface area contributed by atoms with Crippen LogP contribution >= 0.6 is 11.6 Å². The van der Waals surface area contributed by atoms with Gasteiger partial charge in [-0.25, -0.2) is 4.79 Å². The van der Waals surface area contributed by atoms with Gasteiger partial charge in [-0.2, -0.15) is 5.10 Å². The molecule has 0 saturated heterocycles. The van der Waals surface area contributed by atoms with E-state index < -0.39 is 5.97 Å². The minimum atomic E-state index is -0.907. The molecule has 0 bridgehead atoms. The first-order valence-electron chi connectivity index (χ1n) is 13.9. The average molecular weight is 547 g/mol. The number of aromatic nitrogens is 3. The molecular weight excluding hydrogens is 512 g/mol. The first-order chi connectivity index (χ1) is 18.9. The lowest BCUT2D eigenvalue weighted by atomic mass is 9.80. The number of aryl methyl sites for hydroxylation is 3. The van der Waals surface area contributed by atoms with Crippen molar-refractivity contribution in [3.05, 3.63) is 75.9 Å². The summed E-state index contributed by atoms with van der Waals surface area (Å²) in [6.07, 6.45) is 15.3. The fourth-order valence-electron chi connectivity index (χ4n) is 6.59. The Bertz CT molecular complexity index is 1510. The second-order valence-electron chi connectivity index (χ2n) is 11.0. The molecule has 0 radical (unpaired) electrons. The maximum Gasteiger partial charge on any atom is 0.352 e. The van der Waals surface area contributed by atoms with Crippen molar-refractivity contribution in [2.75, 3.05) is 20.2 Å². The molecule has 204 valence electrons. The van der Waals surface area contributed by atoms with Crippen LogP contribution in [0, 0.1) is 18.8 Å². The number of fused-ring (bicyclic) bond motifs is 3. The predicted octanol–water partition coefficient (Wildman–Crippen LogP) is 6.51. The summed E-state index contributed by atoms with van der Waals surface area (Å²) >= 11 is 6.88. The third-order valence-electron chi connectivity index (χ3n) is 8.36. The standard InChI is InChI=1S/C31H35ClN4O3/c1-19-27-25(34-33-19)18-35(2)15-7-16-36-29-23(13-14-24(32)28(27)29)22(30(36)31(37)38)11-6-17-39-26-12-5-9-20-8-3-4-10-21(20)26/h3-4,8,10,12-14,20-21H,5-7,9,11,15-18H2,1-2H3,(H,33,34)(H,37,38). The van der Waals surface area contributed by atoms with E-state index in [4.69, 9.17) is 16.3 Å². The normalized spacial score (nSPS) is 20.9. The van der Waals surface area contributed by atoms with Crippen molar-refractivity contribution >= 4 is 28.5 Å². The third-order valence-corrected chi connectivity index (χ3v) is 8.67. The number of aromatic amines is 1. The second-order valence-corrected chi connectivity index (χ2v) is 11.4. The van der Waals surface area contributed by atoms with Gasteiger partial charge in [0.15, 0.2) is 0 Å². The first-order valence-corrected chi connectivity index (χ1v) is 14.3. The fraction of sp³-hybridized carbons (Fsp3) is 0.419. The number of nitrogens with one attached hydrogen (secondary N) is 1. The number of hydrogen-bond donors (Lipinski definition) is 2. The SMILES string of the molecule is Cc1[nH]nc2c1-c1c(Cl)ccc3c(CCCOC4=CCCC5C=CC=CC45)c(C(=O)O)n(c13)CCCN(C)C2. The second kappa shape index (κ2) is 10.7. The van der Waals surface area contributed by atoms with Crippen LogP contribution in [-0.4, -0.2) is 50.9 Å². The van der Waals surface area contributed by atoms with Gasteiger partial charge in [-0.05, 0) is 76.2 Å². The van der Waals surface area contributed by atoms with E-state index in [1.807, 2.05) is 23.6 Å². The highest BCUT2D eigenvalue weighted by atomic mass is 35.5. The van der Waals surface area contributed by atoms with Gasteiger partial charge in [0.1, 0.15) is 5.69 Å². The smallest absolute Gasteiger partial charge is 0.352 e. The molecule has 0 fully saturated rings. The molecule has 0 spiro atoms. The van der Waals surface area contributed by atoms with Crippen molar-refractivity contribution < 1.29 is 14.6 Å². The van der Waals surface area contributed by atoms with E-state index in [9.17, 15) is 9.90 Å². The van der Waals surface area contributed by atoms with Crippen molar-refractivity contribution in [3.63, 3.8) is 0 Å². The zero-order valence-electron chi connectivity index (χ0n) is 22.5. The minimum Gasteiger partial charge on any atom is -0.498 e. The summed E-state index contributed by atoms with van der Waals surface area (Å²) in [6, 6.07) is 3.89. The Labute approximate surface area is 233 Å². The molecule has 1 aromatic carbocycles. The molecular formula is C31H35ClN4O3. The largest absolute Gasteiger partial charge is 0.498 e. The molecule has 39 heavy (non-hydrogen) atoms. The number of rotatable bonds is 6. The van der Waals surface area contributed by atoms with Gasteiger partial charge in [0, 0.05) is 41.2 Å². The van der Waals surface area contributed by atoms with Crippen molar-refractivity contribution in [1.29, 1.82) is 0 Å². The highest BCUT2D eigenvalue weighted by molar-refractivity contribution is 6.35. The maximum atomic E-state index is 12.8.